The van der Waals surface area contributed by atoms with Crippen molar-refractivity contribution in [3.63, 3.8) is 0 Å². The molecule has 0 aromatic carbocycles. The summed E-state index contributed by atoms with van der Waals surface area (Å²) < 4.78 is 0. The lowest BCUT2D eigenvalue weighted by molar-refractivity contribution is 0.387. The number of aromatic nitrogens is 2. The van der Waals surface area contributed by atoms with Crippen molar-refractivity contribution in [3.8, 4) is 0 Å². The lowest BCUT2D eigenvalue weighted by atomic mass is 9.95. The molecule has 4 nitrogen and oxygen atoms in total. The zero-order valence-corrected chi connectivity index (χ0v) is 11.0. The minimum atomic E-state index is 0.579. The topological polar surface area (TPSA) is 41.0 Å². The second-order valence-corrected chi connectivity index (χ2v) is 5.10. The Bertz CT molecular complexity index is 349. The summed E-state index contributed by atoms with van der Waals surface area (Å²) in [5, 5.41) is 11.7. The second kappa shape index (κ2) is 5.45. The van der Waals surface area contributed by atoms with Crippen molar-refractivity contribution in [2.45, 2.75) is 39.3 Å². The van der Waals surface area contributed by atoms with Crippen molar-refractivity contribution in [2.75, 3.05) is 18.5 Å². The van der Waals surface area contributed by atoms with E-state index in [9.17, 15) is 0 Å². The average Bonchev–Trinajstić information content (AvgIpc) is 2.34. The number of piperidine rings is 1. The molecule has 2 atom stereocenters. The van der Waals surface area contributed by atoms with Crippen LogP contribution in [-0.4, -0.2) is 29.8 Å². The molecular weight excluding hydrogens is 212 g/mol. The third kappa shape index (κ3) is 2.94. The number of rotatable bonds is 3. The summed E-state index contributed by atoms with van der Waals surface area (Å²) >= 11 is 0. The first-order valence-electron chi connectivity index (χ1n) is 6.44. The molecule has 0 aliphatic carbocycles. The van der Waals surface area contributed by atoms with Crippen molar-refractivity contribution >= 4 is 5.82 Å². The van der Waals surface area contributed by atoms with E-state index in [0.29, 0.717) is 6.04 Å². The number of nitrogens with one attached hydrogen (secondary N) is 1. The molecule has 0 radical (unpaired) electrons. The molecule has 0 bridgehead atoms. The zero-order chi connectivity index (χ0) is 12.3. The molecule has 94 valence electrons. The molecule has 0 saturated carbocycles. The highest BCUT2D eigenvalue weighted by molar-refractivity contribution is 5.39. The van der Waals surface area contributed by atoms with E-state index in [-0.39, 0.29) is 0 Å². The summed E-state index contributed by atoms with van der Waals surface area (Å²) in [4.78, 5) is 2.38. The monoisotopic (exact) mass is 234 g/mol. The lowest BCUT2D eigenvalue weighted by Gasteiger charge is -2.37. The Labute approximate surface area is 103 Å². The fourth-order valence-electron chi connectivity index (χ4n) is 2.39. The third-order valence-corrected chi connectivity index (χ3v) is 3.48. The standard InChI is InChI=1S/C13H22N4/c1-10-4-5-11(2)17(9-10)13-7-6-12(8-14-3)15-16-13/h6-7,10-11,14H,4-5,8-9H2,1-3H3. The predicted molar refractivity (Wildman–Crippen MR) is 70.0 cm³/mol. The van der Waals surface area contributed by atoms with E-state index < -0.39 is 0 Å². The zero-order valence-electron chi connectivity index (χ0n) is 11.0. The molecular formula is C13H22N4. The maximum absolute atomic E-state index is 4.34. The van der Waals surface area contributed by atoms with Gasteiger partial charge in [0, 0.05) is 19.1 Å². The van der Waals surface area contributed by atoms with E-state index in [1.54, 1.807) is 0 Å². The van der Waals surface area contributed by atoms with Gasteiger partial charge in [-0.25, -0.2) is 0 Å². The Balaban J connectivity index is 2.10. The maximum Gasteiger partial charge on any atom is 0.151 e. The quantitative estimate of drug-likeness (QED) is 0.866. The van der Waals surface area contributed by atoms with Gasteiger partial charge in [0.25, 0.3) is 0 Å². The summed E-state index contributed by atoms with van der Waals surface area (Å²) in [5.74, 6) is 1.77. The summed E-state index contributed by atoms with van der Waals surface area (Å²) in [6.45, 7) is 6.46. The van der Waals surface area contributed by atoms with Crippen LogP contribution in [0.25, 0.3) is 0 Å². The van der Waals surface area contributed by atoms with E-state index in [2.05, 4.69) is 46.4 Å². The second-order valence-electron chi connectivity index (χ2n) is 5.10. The van der Waals surface area contributed by atoms with Crippen LogP contribution in [0.4, 0.5) is 5.82 Å². The Morgan fingerprint density at radius 1 is 1.29 bits per heavy atom. The van der Waals surface area contributed by atoms with Crippen molar-refractivity contribution in [1.29, 1.82) is 0 Å². The highest BCUT2D eigenvalue weighted by atomic mass is 15.3. The normalized spacial score (nSPS) is 25.0. The maximum atomic E-state index is 4.34. The van der Waals surface area contributed by atoms with E-state index in [0.717, 1.165) is 30.5 Å². The Morgan fingerprint density at radius 3 is 2.76 bits per heavy atom. The minimum absolute atomic E-state index is 0.579. The number of anilines is 1. The molecule has 1 N–H and O–H groups in total. The fourth-order valence-corrected chi connectivity index (χ4v) is 2.39. The summed E-state index contributed by atoms with van der Waals surface area (Å²) in [5.41, 5.74) is 0.994. The van der Waals surface area contributed by atoms with Gasteiger partial charge in [-0.2, -0.15) is 5.10 Å². The molecule has 0 spiro atoms. The largest absolute Gasteiger partial charge is 0.352 e. The lowest BCUT2D eigenvalue weighted by Crippen LogP contribution is -2.41. The molecule has 1 fully saturated rings. The Kier molecular flexibility index (Phi) is 3.94. The van der Waals surface area contributed by atoms with E-state index in [4.69, 9.17) is 0 Å². The Hall–Kier alpha value is -1.16. The van der Waals surface area contributed by atoms with Gasteiger partial charge in [0.15, 0.2) is 5.82 Å². The van der Waals surface area contributed by atoms with Gasteiger partial charge in [-0.1, -0.05) is 6.92 Å². The van der Waals surface area contributed by atoms with E-state index >= 15 is 0 Å². The van der Waals surface area contributed by atoms with Gasteiger partial charge in [-0.05, 0) is 44.9 Å². The fraction of sp³-hybridized carbons (Fsp3) is 0.692. The molecule has 2 heterocycles. The molecule has 1 saturated heterocycles. The van der Waals surface area contributed by atoms with Crippen LogP contribution in [0.5, 0.6) is 0 Å². The van der Waals surface area contributed by atoms with Gasteiger partial charge < -0.3 is 10.2 Å². The first-order chi connectivity index (χ1) is 8.20. The van der Waals surface area contributed by atoms with Crippen LogP contribution in [0.3, 0.4) is 0 Å². The van der Waals surface area contributed by atoms with E-state index in [1.165, 1.54) is 12.8 Å². The minimum Gasteiger partial charge on any atom is -0.352 e. The predicted octanol–water partition coefficient (Wildman–Crippen LogP) is 1.82. The molecule has 2 unspecified atom stereocenters. The van der Waals surface area contributed by atoms with E-state index in [1.807, 2.05) is 7.05 Å². The van der Waals surface area contributed by atoms with Gasteiger partial charge in [0.05, 0.1) is 5.69 Å². The Morgan fingerprint density at radius 2 is 2.12 bits per heavy atom. The summed E-state index contributed by atoms with van der Waals surface area (Å²) in [6.07, 6.45) is 2.57. The number of nitrogens with zero attached hydrogens (tertiary/aromatic N) is 3. The third-order valence-electron chi connectivity index (χ3n) is 3.48. The van der Waals surface area contributed by atoms with Gasteiger partial charge in [0.2, 0.25) is 0 Å². The molecule has 0 amide bonds. The van der Waals surface area contributed by atoms with Crippen LogP contribution in [-0.2, 0) is 6.54 Å². The van der Waals surface area contributed by atoms with Crippen LogP contribution < -0.4 is 10.2 Å². The van der Waals surface area contributed by atoms with Crippen molar-refractivity contribution in [1.82, 2.24) is 15.5 Å². The van der Waals surface area contributed by atoms with Crippen molar-refractivity contribution in [3.05, 3.63) is 17.8 Å². The van der Waals surface area contributed by atoms with Gasteiger partial charge in [0.1, 0.15) is 0 Å². The molecule has 1 aromatic heterocycles. The summed E-state index contributed by atoms with van der Waals surface area (Å²) in [6, 6.07) is 4.73. The van der Waals surface area contributed by atoms with Crippen LogP contribution in [0.2, 0.25) is 0 Å². The molecule has 4 heteroatoms. The molecule has 1 aromatic rings. The number of hydrogen-bond acceptors (Lipinski definition) is 4. The molecule has 17 heavy (non-hydrogen) atoms. The molecule has 1 aliphatic heterocycles. The van der Waals surface area contributed by atoms with Gasteiger partial charge in [-0.15, -0.1) is 5.10 Å². The number of hydrogen-bond donors (Lipinski definition) is 1. The SMILES string of the molecule is CNCc1ccc(N2CC(C)CCC2C)nn1. The highest BCUT2D eigenvalue weighted by Gasteiger charge is 2.23. The first-order valence-corrected chi connectivity index (χ1v) is 6.44. The van der Waals surface area contributed by atoms with Crippen LogP contribution in [0.1, 0.15) is 32.4 Å². The average molecular weight is 234 g/mol. The van der Waals surface area contributed by atoms with Crippen molar-refractivity contribution in [2.24, 2.45) is 5.92 Å². The molecule has 1 aliphatic rings. The van der Waals surface area contributed by atoms with Gasteiger partial charge in [-0.3, -0.25) is 0 Å². The molecule has 2 rings (SSSR count). The smallest absolute Gasteiger partial charge is 0.151 e. The van der Waals surface area contributed by atoms with Crippen LogP contribution in [0, 0.1) is 5.92 Å². The first kappa shape index (κ1) is 12.3. The summed E-state index contributed by atoms with van der Waals surface area (Å²) in [7, 11) is 1.92. The van der Waals surface area contributed by atoms with Crippen LogP contribution in [0.15, 0.2) is 12.1 Å². The van der Waals surface area contributed by atoms with Gasteiger partial charge >= 0.3 is 0 Å². The highest BCUT2D eigenvalue weighted by Crippen LogP contribution is 2.25. The van der Waals surface area contributed by atoms with Crippen molar-refractivity contribution < 1.29 is 0 Å². The van der Waals surface area contributed by atoms with Crippen LogP contribution >= 0.6 is 0 Å².